The molecule has 2 aliphatic rings. The van der Waals surface area contributed by atoms with Gasteiger partial charge in [0.1, 0.15) is 0 Å². The fraction of sp³-hybridized carbons (Fsp3) is 0.684. The Morgan fingerprint density at radius 1 is 1.14 bits per heavy atom. The lowest BCUT2D eigenvalue weighted by Gasteiger charge is -2.52. The molecule has 1 aliphatic heterocycles. The summed E-state index contributed by atoms with van der Waals surface area (Å²) in [5.41, 5.74) is 1.88. The second-order valence-electron chi connectivity index (χ2n) is 7.15. The minimum Gasteiger partial charge on any atom is -0.311 e. The number of nitrogens with zero attached hydrogens (tertiary/aromatic N) is 1. The van der Waals surface area contributed by atoms with Crippen molar-refractivity contribution in [2.45, 2.75) is 70.0 Å². The van der Waals surface area contributed by atoms with Gasteiger partial charge in [-0.05, 0) is 31.7 Å². The van der Waals surface area contributed by atoms with Crippen molar-refractivity contribution < 1.29 is 0 Å². The van der Waals surface area contributed by atoms with Crippen molar-refractivity contribution in [3.8, 4) is 0 Å². The molecule has 1 heterocycles. The van der Waals surface area contributed by atoms with E-state index >= 15 is 0 Å². The molecule has 0 bridgehead atoms. The summed E-state index contributed by atoms with van der Waals surface area (Å²) in [5.74, 6) is 0. The monoisotopic (exact) mass is 286 g/mol. The summed E-state index contributed by atoms with van der Waals surface area (Å²) >= 11 is 0. The normalized spacial score (nSPS) is 30.2. The first-order chi connectivity index (χ1) is 10.2. The van der Waals surface area contributed by atoms with E-state index in [0.29, 0.717) is 17.6 Å². The van der Waals surface area contributed by atoms with Gasteiger partial charge in [0.2, 0.25) is 0 Å². The third-order valence-electron chi connectivity index (χ3n) is 5.69. The standard InChI is InChI=1S/C19H30N2/c1-3-17-15-21(19(2)12-8-5-9-13-19)18(14-20-17)16-10-6-4-7-11-16/h4,6-7,10-11,17-18,20H,3,5,8-9,12-15H2,1-2H3. The number of hydrogen-bond donors (Lipinski definition) is 1. The van der Waals surface area contributed by atoms with Crippen LogP contribution in [0.3, 0.4) is 0 Å². The Labute approximate surface area is 129 Å². The number of nitrogens with one attached hydrogen (secondary N) is 1. The van der Waals surface area contributed by atoms with Gasteiger partial charge in [-0.2, -0.15) is 0 Å². The lowest BCUT2D eigenvalue weighted by molar-refractivity contribution is -0.00488. The van der Waals surface area contributed by atoms with E-state index in [1.807, 2.05) is 0 Å². The predicted octanol–water partition coefficient (Wildman–Crippen LogP) is 4.13. The number of benzene rings is 1. The van der Waals surface area contributed by atoms with Crippen LogP contribution in [0.5, 0.6) is 0 Å². The van der Waals surface area contributed by atoms with Gasteiger partial charge in [0, 0.05) is 30.7 Å². The molecule has 0 aromatic heterocycles. The minimum absolute atomic E-state index is 0.397. The summed E-state index contributed by atoms with van der Waals surface area (Å²) in [6.45, 7) is 7.12. The van der Waals surface area contributed by atoms with Gasteiger partial charge >= 0.3 is 0 Å². The fourth-order valence-corrected chi connectivity index (χ4v) is 4.26. The second kappa shape index (κ2) is 6.50. The molecule has 1 aromatic rings. The number of rotatable bonds is 3. The third kappa shape index (κ3) is 3.17. The molecular formula is C19H30N2. The molecule has 0 radical (unpaired) electrons. The van der Waals surface area contributed by atoms with Crippen molar-refractivity contribution in [1.82, 2.24) is 10.2 Å². The molecule has 1 saturated heterocycles. The van der Waals surface area contributed by atoms with Gasteiger partial charge < -0.3 is 5.32 Å². The van der Waals surface area contributed by atoms with Crippen LogP contribution in [0.15, 0.2) is 30.3 Å². The Hall–Kier alpha value is -0.860. The van der Waals surface area contributed by atoms with Gasteiger partial charge in [-0.1, -0.05) is 56.5 Å². The van der Waals surface area contributed by atoms with Crippen molar-refractivity contribution in [2.24, 2.45) is 0 Å². The van der Waals surface area contributed by atoms with Crippen LogP contribution in [-0.4, -0.2) is 29.6 Å². The average Bonchev–Trinajstić information content (AvgIpc) is 2.56. The van der Waals surface area contributed by atoms with Crippen LogP contribution < -0.4 is 5.32 Å². The highest BCUT2D eigenvalue weighted by Crippen LogP contribution is 2.39. The van der Waals surface area contributed by atoms with Gasteiger partial charge in [0.25, 0.3) is 0 Å². The Kier molecular flexibility index (Phi) is 4.66. The average molecular weight is 286 g/mol. The van der Waals surface area contributed by atoms with Gasteiger partial charge in [-0.15, -0.1) is 0 Å². The molecule has 1 saturated carbocycles. The maximum absolute atomic E-state index is 3.76. The fourth-order valence-electron chi connectivity index (χ4n) is 4.26. The largest absolute Gasteiger partial charge is 0.311 e. The SMILES string of the molecule is CCC1CN(C2(C)CCCCC2)C(c2ccccc2)CN1. The summed E-state index contributed by atoms with van der Waals surface area (Å²) in [6.07, 6.45) is 8.19. The first-order valence-corrected chi connectivity index (χ1v) is 8.78. The van der Waals surface area contributed by atoms with Crippen LogP contribution in [0.1, 0.15) is 64.0 Å². The first kappa shape index (κ1) is 15.1. The van der Waals surface area contributed by atoms with Gasteiger partial charge in [-0.25, -0.2) is 0 Å². The number of hydrogen-bond acceptors (Lipinski definition) is 2. The van der Waals surface area contributed by atoms with E-state index < -0.39 is 0 Å². The van der Waals surface area contributed by atoms with Gasteiger partial charge in [0.05, 0.1) is 0 Å². The van der Waals surface area contributed by atoms with Gasteiger partial charge in [-0.3, -0.25) is 4.90 Å². The highest BCUT2D eigenvalue weighted by atomic mass is 15.3. The highest BCUT2D eigenvalue weighted by Gasteiger charge is 2.40. The third-order valence-corrected chi connectivity index (χ3v) is 5.69. The summed E-state index contributed by atoms with van der Waals surface area (Å²) in [5, 5.41) is 3.76. The zero-order valence-electron chi connectivity index (χ0n) is 13.6. The quantitative estimate of drug-likeness (QED) is 0.898. The smallest absolute Gasteiger partial charge is 0.0478 e. The zero-order valence-corrected chi connectivity index (χ0v) is 13.6. The van der Waals surface area contributed by atoms with Crippen molar-refractivity contribution in [3.05, 3.63) is 35.9 Å². The summed E-state index contributed by atoms with van der Waals surface area (Å²) in [4.78, 5) is 2.84. The molecule has 2 unspecified atom stereocenters. The van der Waals surface area contributed by atoms with Crippen molar-refractivity contribution in [1.29, 1.82) is 0 Å². The maximum atomic E-state index is 3.76. The minimum atomic E-state index is 0.397. The molecular weight excluding hydrogens is 256 g/mol. The second-order valence-corrected chi connectivity index (χ2v) is 7.15. The van der Waals surface area contributed by atoms with Crippen molar-refractivity contribution in [2.75, 3.05) is 13.1 Å². The van der Waals surface area contributed by atoms with E-state index in [1.54, 1.807) is 0 Å². The van der Waals surface area contributed by atoms with Crippen molar-refractivity contribution in [3.63, 3.8) is 0 Å². The lowest BCUT2D eigenvalue weighted by atomic mass is 9.79. The Bertz CT molecular complexity index is 436. The van der Waals surface area contributed by atoms with Crippen molar-refractivity contribution >= 4 is 0 Å². The summed E-state index contributed by atoms with van der Waals surface area (Å²) < 4.78 is 0. The van der Waals surface area contributed by atoms with Crippen LogP contribution in [0.25, 0.3) is 0 Å². The van der Waals surface area contributed by atoms with E-state index in [-0.39, 0.29) is 0 Å². The predicted molar refractivity (Wildman–Crippen MR) is 89.5 cm³/mol. The van der Waals surface area contributed by atoms with Gasteiger partial charge in [0.15, 0.2) is 0 Å². The summed E-state index contributed by atoms with van der Waals surface area (Å²) in [6, 6.07) is 12.3. The van der Waals surface area contributed by atoms with Crippen LogP contribution in [0.4, 0.5) is 0 Å². The summed E-state index contributed by atoms with van der Waals surface area (Å²) in [7, 11) is 0. The van der Waals surface area contributed by atoms with E-state index in [4.69, 9.17) is 0 Å². The molecule has 1 aromatic carbocycles. The molecule has 1 aliphatic carbocycles. The van der Waals surface area contributed by atoms with E-state index in [9.17, 15) is 0 Å². The van der Waals surface area contributed by atoms with Crippen LogP contribution in [-0.2, 0) is 0 Å². The Morgan fingerprint density at radius 3 is 2.52 bits per heavy atom. The molecule has 116 valence electrons. The molecule has 2 fully saturated rings. The maximum Gasteiger partial charge on any atom is 0.0478 e. The Morgan fingerprint density at radius 2 is 1.86 bits per heavy atom. The van der Waals surface area contributed by atoms with Crippen LogP contribution in [0, 0.1) is 0 Å². The zero-order chi connectivity index (χ0) is 14.7. The topological polar surface area (TPSA) is 15.3 Å². The molecule has 1 N–H and O–H groups in total. The molecule has 0 amide bonds. The molecule has 3 rings (SSSR count). The van der Waals surface area contributed by atoms with E-state index in [2.05, 4.69) is 54.4 Å². The molecule has 21 heavy (non-hydrogen) atoms. The molecule has 2 nitrogen and oxygen atoms in total. The molecule has 0 spiro atoms. The van der Waals surface area contributed by atoms with Crippen LogP contribution >= 0.6 is 0 Å². The Balaban J connectivity index is 1.86. The highest BCUT2D eigenvalue weighted by molar-refractivity contribution is 5.21. The molecule has 2 atom stereocenters. The molecule has 2 heteroatoms. The number of piperazine rings is 1. The van der Waals surface area contributed by atoms with Crippen LogP contribution in [0.2, 0.25) is 0 Å². The van der Waals surface area contributed by atoms with E-state index in [0.717, 1.165) is 6.54 Å². The van der Waals surface area contributed by atoms with E-state index in [1.165, 1.54) is 50.6 Å². The first-order valence-electron chi connectivity index (χ1n) is 8.78. The lowest BCUT2D eigenvalue weighted by Crippen LogP contribution is -2.60.